The molecule has 0 spiro atoms. The second kappa shape index (κ2) is 11.8. The third-order valence-electron chi connectivity index (χ3n) is 8.01. The summed E-state index contributed by atoms with van der Waals surface area (Å²) in [6.07, 6.45) is 2.13. The predicted octanol–water partition coefficient (Wildman–Crippen LogP) is 9.02. The Balaban J connectivity index is 1.45. The second-order valence-corrected chi connectivity index (χ2v) is 14.4. The number of ether oxygens (including phenoxy) is 2. The first-order valence-corrected chi connectivity index (χ1v) is 16.6. The second-order valence-electron chi connectivity index (χ2n) is 12.1. The molecule has 236 valence electrons. The SMILES string of the molecule is [C-]#[N+]c1c(NC(=O)OC(C)(C)C)sc2c(F)ccc(-c3c(Cl)cc4c(SC)nc(OC[C@@]56CCCN5C[C@H](F)C6)nc4c3F)c12. The zero-order chi connectivity index (χ0) is 32.3. The Bertz CT molecular complexity index is 1890. The van der Waals surface area contributed by atoms with E-state index >= 15 is 8.78 Å². The summed E-state index contributed by atoms with van der Waals surface area (Å²) in [5.41, 5.74) is -1.33. The maximum atomic E-state index is 16.6. The molecule has 4 aromatic rings. The van der Waals surface area contributed by atoms with Gasteiger partial charge in [-0.25, -0.2) is 22.8 Å². The summed E-state index contributed by atoms with van der Waals surface area (Å²) in [7, 11) is 0. The molecule has 2 saturated heterocycles. The van der Waals surface area contributed by atoms with Crippen LogP contribution in [0.1, 0.15) is 40.0 Å². The molecule has 2 aliphatic rings. The van der Waals surface area contributed by atoms with E-state index in [1.165, 1.54) is 23.9 Å². The fourth-order valence-corrected chi connectivity index (χ4v) is 8.11. The van der Waals surface area contributed by atoms with Crippen molar-refractivity contribution >= 4 is 72.5 Å². The van der Waals surface area contributed by atoms with Gasteiger partial charge >= 0.3 is 12.1 Å². The van der Waals surface area contributed by atoms with Gasteiger partial charge in [0.1, 0.15) is 39.7 Å². The average molecular weight is 676 g/mol. The van der Waals surface area contributed by atoms with Crippen LogP contribution in [-0.2, 0) is 4.74 Å². The Morgan fingerprint density at radius 2 is 2.11 bits per heavy atom. The van der Waals surface area contributed by atoms with Crippen molar-refractivity contribution in [3.05, 3.63) is 46.3 Å². The van der Waals surface area contributed by atoms with E-state index in [1.807, 2.05) is 0 Å². The van der Waals surface area contributed by atoms with E-state index in [-0.39, 0.29) is 55.1 Å². The number of rotatable bonds is 6. The van der Waals surface area contributed by atoms with Gasteiger partial charge in [0.15, 0.2) is 5.82 Å². The monoisotopic (exact) mass is 675 g/mol. The van der Waals surface area contributed by atoms with Gasteiger partial charge in [-0.3, -0.25) is 10.2 Å². The van der Waals surface area contributed by atoms with E-state index in [9.17, 15) is 9.18 Å². The van der Waals surface area contributed by atoms with Crippen LogP contribution in [-0.4, -0.2) is 64.2 Å². The van der Waals surface area contributed by atoms with Crippen molar-refractivity contribution in [1.29, 1.82) is 0 Å². The lowest BCUT2D eigenvalue weighted by molar-refractivity contribution is 0.0636. The molecule has 2 aromatic heterocycles. The van der Waals surface area contributed by atoms with Crippen LogP contribution >= 0.6 is 34.7 Å². The highest BCUT2D eigenvalue weighted by atomic mass is 35.5. The molecule has 45 heavy (non-hydrogen) atoms. The van der Waals surface area contributed by atoms with E-state index in [0.29, 0.717) is 23.4 Å². The number of alkyl halides is 1. The minimum absolute atomic E-state index is 0.00434. The van der Waals surface area contributed by atoms with Gasteiger partial charge in [0, 0.05) is 29.3 Å². The Kier molecular flexibility index (Phi) is 8.31. The number of nitrogens with zero attached hydrogens (tertiary/aromatic N) is 4. The highest BCUT2D eigenvalue weighted by Crippen LogP contribution is 2.50. The molecule has 6 rings (SSSR count). The molecule has 4 heterocycles. The Morgan fingerprint density at radius 3 is 2.82 bits per heavy atom. The Labute approximate surface area is 271 Å². The molecular formula is C31H29ClF3N5O3S2. The first-order valence-electron chi connectivity index (χ1n) is 14.2. The normalized spacial score (nSPS) is 20.0. The van der Waals surface area contributed by atoms with Crippen LogP contribution in [0.2, 0.25) is 5.02 Å². The number of thiophene rings is 1. The number of hydrogen-bond donors (Lipinski definition) is 1. The fraction of sp³-hybridized carbons (Fsp3) is 0.419. The molecule has 2 aromatic carbocycles. The van der Waals surface area contributed by atoms with Crippen molar-refractivity contribution < 1.29 is 27.4 Å². The lowest BCUT2D eigenvalue weighted by Gasteiger charge is -2.30. The molecule has 0 saturated carbocycles. The molecule has 0 unspecified atom stereocenters. The molecule has 14 heteroatoms. The predicted molar refractivity (Wildman–Crippen MR) is 172 cm³/mol. The molecule has 0 aliphatic carbocycles. The lowest BCUT2D eigenvalue weighted by atomic mass is 9.95. The van der Waals surface area contributed by atoms with Crippen molar-refractivity contribution in [1.82, 2.24) is 14.9 Å². The minimum atomic E-state index is -0.930. The standard InChI is InChI=1S/C31H29ClF3N5O3S2/c1-30(2,3)43-29(41)39-27-24(36-4)21-16(7-8-19(34)25(21)45-27)20-18(32)11-17-23(22(20)35)37-28(38-26(17)44-5)42-14-31-9-6-10-40(31)13-15(33)12-31/h7-8,11,15H,6,9-10,12-14H2,1-3,5H3,(H,39,41)/t15-,31+/m1/s1. The molecule has 0 radical (unpaired) electrons. The number of halogens is 4. The summed E-state index contributed by atoms with van der Waals surface area (Å²) < 4.78 is 57.4. The van der Waals surface area contributed by atoms with Gasteiger partial charge in [-0.15, -0.1) is 23.1 Å². The van der Waals surface area contributed by atoms with Crippen LogP contribution in [0.3, 0.4) is 0 Å². The zero-order valence-corrected chi connectivity index (χ0v) is 27.3. The summed E-state index contributed by atoms with van der Waals surface area (Å²) >= 11 is 8.80. The molecule has 8 nitrogen and oxygen atoms in total. The quantitative estimate of drug-likeness (QED) is 0.124. The van der Waals surface area contributed by atoms with E-state index in [0.717, 1.165) is 36.8 Å². The summed E-state index contributed by atoms with van der Waals surface area (Å²) in [5, 5.41) is 3.48. The maximum Gasteiger partial charge on any atom is 0.411 e. The number of carbonyl (C=O) groups is 1. The molecule has 0 bridgehead atoms. The van der Waals surface area contributed by atoms with Gasteiger partial charge < -0.3 is 9.47 Å². The van der Waals surface area contributed by atoms with Crippen LogP contribution in [0.5, 0.6) is 6.01 Å². The van der Waals surface area contributed by atoms with E-state index in [4.69, 9.17) is 27.6 Å². The van der Waals surface area contributed by atoms with Crippen molar-refractivity contribution in [3.8, 4) is 17.1 Å². The van der Waals surface area contributed by atoms with Crippen LogP contribution in [0.4, 0.5) is 28.7 Å². The number of aromatic nitrogens is 2. The highest BCUT2D eigenvalue weighted by molar-refractivity contribution is 7.98. The summed E-state index contributed by atoms with van der Waals surface area (Å²) in [4.78, 5) is 27.1. The number of carbonyl (C=O) groups excluding carboxylic acids is 1. The number of nitrogens with one attached hydrogen (secondary N) is 1. The minimum Gasteiger partial charge on any atom is -0.461 e. The van der Waals surface area contributed by atoms with Gasteiger partial charge in [-0.2, -0.15) is 9.97 Å². The van der Waals surface area contributed by atoms with E-state index in [1.54, 1.807) is 27.0 Å². The highest BCUT2D eigenvalue weighted by Gasteiger charge is 2.49. The number of fused-ring (bicyclic) bond motifs is 3. The van der Waals surface area contributed by atoms with Crippen LogP contribution < -0.4 is 10.1 Å². The third-order valence-corrected chi connectivity index (χ3v) is 10.1. The van der Waals surface area contributed by atoms with Gasteiger partial charge in [-0.1, -0.05) is 17.7 Å². The van der Waals surface area contributed by atoms with Crippen molar-refractivity contribution in [2.24, 2.45) is 0 Å². The zero-order valence-electron chi connectivity index (χ0n) is 24.9. The van der Waals surface area contributed by atoms with Crippen molar-refractivity contribution in [2.75, 3.05) is 31.3 Å². The van der Waals surface area contributed by atoms with Gasteiger partial charge in [0.25, 0.3) is 0 Å². The number of thioether (sulfide) groups is 1. The van der Waals surface area contributed by atoms with Gasteiger partial charge in [-0.05, 0) is 64.1 Å². The topological polar surface area (TPSA) is 80.9 Å². The van der Waals surface area contributed by atoms with E-state index in [2.05, 4.69) is 25.0 Å². The fourth-order valence-electron chi connectivity index (χ4n) is 6.22. The summed E-state index contributed by atoms with van der Waals surface area (Å²) in [6, 6.07) is 3.99. The summed E-state index contributed by atoms with van der Waals surface area (Å²) in [5.74, 6) is -1.45. The Hall–Kier alpha value is -3.31. The molecule has 2 atom stereocenters. The first kappa shape index (κ1) is 31.7. The van der Waals surface area contributed by atoms with E-state index < -0.39 is 35.0 Å². The van der Waals surface area contributed by atoms with Crippen LogP contribution in [0, 0.1) is 18.2 Å². The number of hydrogen-bond acceptors (Lipinski definition) is 8. The maximum absolute atomic E-state index is 16.6. The molecular weight excluding hydrogens is 647 g/mol. The smallest absolute Gasteiger partial charge is 0.411 e. The number of amides is 1. The van der Waals surface area contributed by atoms with Gasteiger partial charge in [0.2, 0.25) is 5.69 Å². The first-order chi connectivity index (χ1) is 21.3. The number of anilines is 1. The Morgan fingerprint density at radius 1 is 1.33 bits per heavy atom. The van der Waals surface area contributed by atoms with Crippen LogP contribution in [0.15, 0.2) is 23.2 Å². The van der Waals surface area contributed by atoms with Crippen molar-refractivity contribution in [3.63, 3.8) is 0 Å². The molecule has 1 N–H and O–H groups in total. The average Bonchev–Trinajstić information content (AvgIpc) is 3.62. The molecule has 2 aliphatic heterocycles. The summed E-state index contributed by atoms with van der Waals surface area (Å²) in [6.45, 7) is 14.3. The lowest BCUT2D eigenvalue weighted by Crippen LogP contribution is -2.43. The largest absolute Gasteiger partial charge is 0.461 e. The van der Waals surface area contributed by atoms with Crippen LogP contribution in [0.25, 0.3) is 37.0 Å². The van der Waals surface area contributed by atoms with Crippen molar-refractivity contribution in [2.45, 2.75) is 62.4 Å². The van der Waals surface area contributed by atoms with Gasteiger partial charge in [0.05, 0.1) is 21.8 Å². The number of benzene rings is 2. The molecule has 2 fully saturated rings. The molecule has 1 amide bonds. The third kappa shape index (κ3) is 5.78.